The van der Waals surface area contributed by atoms with Gasteiger partial charge in [-0.2, -0.15) is 0 Å². The van der Waals surface area contributed by atoms with E-state index in [9.17, 15) is 0 Å². The summed E-state index contributed by atoms with van der Waals surface area (Å²) in [5.74, 6) is 0.790. The second kappa shape index (κ2) is 6.69. The Bertz CT molecular complexity index is 712. The molecule has 130 valence electrons. The summed E-state index contributed by atoms with van der Waals surface area (Å²) in [6, 6.07) is 18.7. The van der Waals surface area contributed by atoms with Gasteiger partial charge < -0.3 is 9.80 Å². The van der Waals surface area contributed by atoms with Gasteiger partial charge in [-0.15, -0.1) is 0 Å². The van der Waals surface area contributed by atoms with Crippen LogP contribution >= 0.6 is 11.8 Å². The maximum atomic E-state index is 2.79. The molecule has 2 aromatic carbocycles. The van der Waals surface area contributed by atoms with E-state index in [1.807, 2.05) is 11.8 Å². The summed E-state index contributed by atoms with van der Waals surface area (Å²) in [5, 5.41) is 0. The van der Waals surface area contributed by atoms with Crippen LogP contribution in [0.2, 0.25) is 0 Å². The third-order valence-corrected chi connectivity index (χ3v) is 7.31. The summed E-state index contributed by atoms with van der Waals surface area (Å²) in [6.45, 7) is 3.81. The minimum absolute atomic E-state index is 0.790. The lowest BCUT2D eigenvalue weighted by Gasteiger charge is -2.46. The van der Waals surface area contributed by atoms with E-state index in [0.717, 1.165) is 18.5 Å². The van der Waals surface area contributed by atoms with Crippen LogP contribution in [0.3, 0.4) is 0 Å². The van der Waals surface area contributed by atoms with Crippen molar-refractivity contribution in [3.63, 3.8) is 0 Å². The molecule has 0 spiro atoms. The standard InChI is InChI=1S/C22H26N2S/c1-3-12-21-19(10-1)24(20-11-2-4-13-22(20)25-21)16-17-8-7-15-23-14-6-5-9-18(17)23/h1-4,10-13,17-18H,5-9,14-16H2/t17-,18+/m0/s1. The molecular weight excluding hydrogens is 324 g/mol. The van der Waals surface area contributed by atoms with Gasteiger partial charge in [0, 0.05) is 22.4 Å². The molecule has 2 atom stereocenters. The van der Waals surface area contributed by atoms with Crippen molar-refractivity contribution in [2.24, 2.45) is 5.92 Å². The number of fused-ring (bicyclic) bond motifs is 3. The van der Waals surface area contributed by atoms with Gasteiger partial charge in [0.2, 0.25) is 0 Å². The normalized spacial score (nSPS) is 25.8. The Kier molecular flexibility index (Phi) is 4.23. The van der Waals surface area contributed by atoms with Crippen molar-refractivity contribution in [1.29, 1.82) is 0 Å². The summed E-state index contributed by atoms with van der Waals surface area (Å²) in [6.07, 6.45) is 6.97. The smallest absolute Gasteiger partial charge is 0.0552 e. The van der Waals surface area contributed by atoms with Gasteiger partial charge in [-0.25, -0.2) is 0 Å². The minimum atomic E-state index is 0.790. The number of rotatable bonds is 2. The van der Waals surface area contributed by atoms with Crippen molar-refractivity contribution in [2.75, 3.05) is 24.5 Å². The molecule has 2 aromatic rings. The fraction of sp³-hybridized carbons (Fsp3) is 0.455. The zero-order valence-corrected chi connectivity index (χ0v) is 15.5. The molecule has 2 fully saturated rings. The van der Waals surface area contributed by atoms with Crippen LogP contribution in [0, 0.1) is 5.92 Å². The number of anilines is 2. The topological polar surface area (TPSA) is 6.48 Å². The molecule has 2 nitrogen and oxygen atoms in total. The summed E-state index contributed by atoms with van der Waals surface area (Å²) < 4.78 is 0. The van der Waals surface area contributed by atoms with Gasteiger partial charge in [0.15, 0.2) is 0 Å². The molecule has 0 aliphatic carbocycles. The number of piperidine rings is 2. The molecule has 0 unspecified atom stereocenters. The molecule has 3 aliphatic heterocycles. The van der Waals surface area contributed by atoms with E-state index in [-0.39, 0.29) is 0 Å². The third-order valence-electron chi connectivity index (χ3n) is 6.18. The van der Waals surface area contributed by atoms with Crippen molar-refractivity contribution in [3.05, 3.63) is 48.5 Å². The Morgan fingerprint density at radius 3 is 2.24 bits per heavy atom. The molecule has 0 radical (unpaired) electrons. The third kappa shape index (κ3) is 2.88. The second-order valence-corrected chi connectivity index (χ2v) is 8.73. The van der Waals surface area contributed by atoms with Crippen LogP contribution in [0.1, 0.15) is 32.1 Å². The Hall–Kier alpha value is -1.45. The van der Waals surface area contributed by atoms with Gasteiger partial charge in [0.05, 0.1) is 11.4 Å². The lowest BCUT2D eigenvalue weighted by atomic mass is 9.83. The Morgan fingerprint density at radius 1 is 0.800 bits per heavy atom. The number of hydrogen-bond acceptors (Lipinski definition) is 3. The van der Waals surface area contributed by atoms with Crippen LogP contribution in [0.5, 0.6) is 0 Å². The predicted molar refractivity (Wildman–Crippen MR) is 106 cm³/mol. The Balaban J connectivity index is 1.49. The number of nitrogens with zero attached hydrogens (tertiary/aromatic N) is 2. The molecule has 25 heavy (non-hydrogen) atoms. The summed E-state index contributed by atoms with van der Waals surface area (Å²) in [4.78, 5) is 8.20. The lowest BCUT2D eigenvalue weighted by molar-refractivity contribution is 0.0631. The first kappa shape index (κ1) is 15.8. The fourth-order valence-corrected chi connectivity index (χ4v) is 6.10. The van der Waals surface area contributed by atoms with E-state index in [1.165, 1.54) is 66.4 Å². The average molecular weight is 351 g/mol. The predicted octanol–water partition coefficient (Wildman–Crippen LogP) is 5.55. The molecule has 0 bridgehead atoms. The van der Waals surface area contributed by atoms with Gasteiger partial charge in [-0.05, 0) is 69.0 Å². The maximum Gasteiger partial charge on any atom is 0.0552 e. The highest BCUT2D eigenvalue weighted by atomic mass is 32.2. The van der Waals surface area contributed by atoms with E-state index in [0.29, 0.717) is 0 Å². The first-order valence-electron chi connectivity index (χ1n) is 9.78. The molecule has 0 aromatic heterocycles. The van der Waals surface area contributed by atoms with Crippen LogP contribution in [0.25, 0.3) is 0 Å². The summed E-state index contributed by atoms with van der Waals surface area (Å²) >= 11 is 1.92. The van der Waals surface area contributed by atoms with Crippen molar-refractivity contribution in [1.82, 2.24) is 4.90 Å². The first-order valence-corrected chi connectivity index (χ1v) is 10.6. The molecule has 5 rings (SSSR count). The molecular formula is C22H26N2S. The lowest BCUT2D eigenvalue weighted by Crippen LogP contribution is -2.50. The first-order chi connectivity index (χ1) is 12.4. The molecule has 2 saturated heterocycles. The van der Waals surface area contributed by atoms with Crippen molar-refractivity contribution in [3.8, 4) is 0 Å². The number of para-hydroxylation sites is 2. The monoisotopic (exact) mass is 350 g/mol. The SMILES string of the molecule is c1ccc2c(c1)Sc1ccccc1N2C[C@@H]1CCCN2CCCC[C@H]12. The van der Waals surface area contributed by atoms with Crippen molar-refractivity contribution >= 4 is 23.1 Å². The van der Waals surface area contributed by atoms with Gasteiger partial charge in [0.1, 0.15) is 0 Å². The fourth-order valence-electron chi connectivity index (χ4n) is 5.00. The quantitative estimate of drug-likeness (QED) is 0.701. The Morgan fingerprint density at radius 2 is 1.48 bits per heavy atom. The molecule has 3 heterocycles. The van der Waals surface area contributed by atoms with E-state index >= 15 is 0 Å². The zero-order valence-electron chi connectivity index (χ0n) is 14.7. The molecule has 0 N–H and O–H groups in total. The number of benzene rings is 2. The Labute approximate surface area is 155 Å². The van der Waals surface area contributed by atoms with Gasteiger partial charge >= 0.3 is 0 Å². The largest absolute Gasteiger partial charge is 0.339 e. The summed E-state index contributed by atoms with van der Waals surface area (Å²) in [7, 11) is 0. The highest BCUT2D eigenvalue weighted by Gasteiger charge is 2.35. The highest BCUT2D eigenvalue weighted by molar-refractivity contribution is 7.99. The average Bonchev–Trinajstić information content (AvgIpc) is 2.68. The van der Waals surface area contributed by atoms with Gasteiger partial charge in [-0.3, -0.25) is 0 Å². The van der Waals surface area contributed by atoms with Crippen LogP contribution in [0.15, 0.2) is 58.3 Å². The number of hydrogen-bond donors (Lipinski definition) is 0. The summed E-state index contributed by atoms with van der Waals surface area (Å²) in [5.41, 5.74) is 2.80. The zero-order chi connectivity index (χ0) is 16.6. The van der Waals surface area contributed by atoms with Crippen molar-refractivity contribution in [2.45, 2.75) is 47.9 Å². The highest BCUT2D eigenvalue weighted by Crippen LogP contribution is 2.48. The second-order valence-electron chi connectivity index (χ2n) is 7.65. The molecule has 0 saturated carbocycles. The van der Waals surface area contributed by atoms with Crippen LogP contribution in [0.4, 0.5) is 11.4 Å². The minimum Gasteiger partial charge on any atom is -0.339 e. The van der Waals surface area contributed by atoms with Gasteiger partial charge in [0.25, 0.3) is 0 Å². The van der Waals surface area contributed by atoms with Crippen LogP contribution < -0.4 is 4.90 Å². The molecule has 3 heteroatoms. The van der Waals surface area contributed by atoms with Crippen LogP contribution in [-0.4, -0.2) is 30.6 Å². The molecule has 0 amide bonds. The van der Waals surface area contributed by atoms with E-state index in [4.69, 9.17) is 0 Å². The maximum absolute atomic E-state index is 2.79. The van der Waals surface area contributed by atoms with Crippen molar-refractivity contribution < 1.29 is 0 Å². The van der Waals surface area contributed by atoms with Crippen LogP contribution in [-0.2, 0) is 0 Å². The molecule has 3 aliphatic rings. The van der Waals surface area contributed by atoms with E-state index in [2.05, 4.69) is 58.3 Å². The van der Waals surface area contributed by atoms with E-state index < -0.39 is 0 Å². The van der Waals surface area contributed by atoms with E-state index in [1.54, 1.807) is 0 Å². The van der Waals surface area contributed by atoms with Gasteiger partial charge in [-0.1, -0.05) is 42.4 Å².